The Hall–Kier alpha value is -1.99. The second-order valence-electron chi connectivity index (χ2n) is 5.08. The van der Waals surface area contributed by atoms with Crippen LogP contribution in [0.25, 0.3) is 4.96 Å². The molecule has 4 rings (SSSR count). The van der Waals surface area contributed by atoms with Gasteiger partial charge in [0.2, 0.25) is 0 Å². The van der Waals surface area contributed by atoms with Gasteiger partial charge in [-0.2, -0.15) is 0 Å². The molecule has 0 saturated carbocycles. The van der Waals surface area contributed by atoms with Crippen LogP contribution in [0.2, 0.25) is 0 Å². The number of fused-ring (bicyclic) bond motifs is 2. The second kappa shape index (κ2) is 5.42. The van der Waals surface area contributed by atoms with E-state index in [0.717, 1.165) is 48.1 Å². The highest BCUT2D eigenvalue weighted by molar-refractivity contribution is 7.15. The molecule has 0 spiro atoms. The van der Waals surface area contributed by atoms with Gasteiger partial charge in [0.05, 0.1) is 17.9 Å². The van der Waals surface area contributed by atoms with Crippen molar-refractivity contribution in [1.29, 1.82) is 0 Å². The first-order chi connectivity index (χ1) is 10.4. The van der Waals surface area contributed by atoms with E-state index in [9.17, 15) is 0 Å². The summed E-state index contributed by atoms with van der Waals surface area (Å²) < 4.78 is 2.05. The lowest BCUT2D eigenvalue weighted by molar-refractivity contribution is 0.708. The fraction of sp³-hybridized carbons (Fsp3) is 0.357. The lowest BCUT2D eigenvalue weighted by Crippen LogP contribution is -2.16. The van der Waals surface area contributed by atoms with Crippen LogP contribution in [0.1, 0.15) is 17.0 Å². The van der Waals surface area contributed by atoms with Crippen LogP contribution in [-0.2, 0) is 19.4 Å². The highest BCUT2D eigenvalue weighted by atomic mass is 32.1. The minimum atomic E-state index is 0.686. The molecule has 108 valence electrons. The van der Waals surface area contributed by atoms with Crippen molar-refractivity contribution < 1.29 is 0 Å². The zero-order valence-electron chi connectivity index (χ0n) is 11.5. The maximum atomic E-state index is 4.58. The van der Waals surface area contributed by atoms with Crippen LogP contribution < -0.4 is 10.6 Å². The number of thiazole rings is 1. The molecule has 0 fully saturated rings. The first-order valence-corrected chi connectivity index (χ1v) is 7.96. The third-order valence-corrected chi connectivity index (χ3v) is 4.48. The molecule has 21 heavy (non-hydrogen) atoms. The van der Waals surface area contributed by atoms with Gasteiger partial charge in [0, 0.05) is 36.3 Å². The minimum absolute atomic E-state index is 0.686. The number of nitrogens with one attached hydrogen (secondary N) is 2. The number of aromatic nitrogens is 4. The van der Waals surface area contributed by atoms with Gasteiger partial charge in [-0.25, -0.2) is 15.0 Å². The highest BCUT2D eigenvalue weighted by Gasteiger charge is 2.14. The molecule has 0 radical (unpaired) electrons. The number of hydrogen-bond acceptors (Lipinski definition) is 6. The van der Waals surface area contributed by atoms with Crippen LogP contribution in [-0.4, -0.2) is 32.4 Å². The van der Waals surface area contributed by atoms with Crippen LogP contribution in [0.3, 0.4) is 0 Å². The molecule has 0 aliphatic carbocycles. The SMILES string of the molecule is c1nc2c(c(NCc3cn4ccsc4n3)n1)CCNCC2. The topological polar surface area (TPSA) is 67.1 Å². The van der Waals surface area contributed by atoms with Gasteiger partial charge in [-0.1, -0.05) is 0 Å². The molecule has 0 atom stereocenters. The summed E-state index contributed by atoms with van der Waals surface area (Å²) in [5, 5.41) is 8.86. The maximum absolute atomic E-state index is 4.58. The van der Waals surface area contributed by atoms with Gasteiger partial charge in [0.1, 0.15) is 12.1 Å². The normalized spacial score (nSPS) is 14.9. The number of rotatable bonds is 3. The molecule has 0 aromatic carbocycles. The Balaban J connectivity index is 1.55. The van der Waals surface area contributed by atoms with Crippen molar-refractivity contribution in [2.75, 3.05) is 18.4 Å². The molecule has 0 saturated heterocycles. The van der Waals surface area contributed by atoms with Crippen LogP contribution in [0.5, 0.6) is 0 Å². The summed E-state index contributed by atoms with van der Waals surface area (Å²) in [5.74, 6) is 0.944. The van der Waals surface area contributed by atoms with Gasteiger partial charge in [-0.15, -0.1) is 11.3 Å². The van der Waals surface area contributed by atoms with Crippen LogP contribution in [0, 0.1) is 0 Å². The Labute approximate surface area is 126 Å². The third kappa shape index (κ3) is 2.50. The molecular weight excluding hydrogens is 284 g/mol. The van der Waals surface area contributed by atoms with Crippen LogP contribution in [0.4, 0.5) is 5.82 Å². The Morgan fingerprint density at radius 1 is 1.29 bits per heavy atom. The highest BCUT2D eigenvalue weighted by Crippen LogP contribution is 2.19. The van der Waals surface area contributed by atoms with Crippen molar-refractivity contribution in [2.45, 2.75) is 19.4 Å². The Morgan fingerprint density at radius 2 is 2.24 bits per heavy atom. The summed E-state index contributed by atoms with van der Waals surface area (Å²) in [6.45, 7) is 2.65. The van der Waals surface area contributed by atoms with Crippen LogP contribution in [0.15, 0.2) is 24.1 Å². The van der Waals surface area contributed by atoms with Gasteiger partial charge >= 0.3 is 0 Å². The minimum Gasteiger partial charge on any atom is -0.364 e. The fourth-order valence-corrected chi connectivity index (χ4v) is 3.38. The fourth-order valence-electron chi connectivity index (χ4n) is 2.66. The van der Waals surface area contributed by atoms with E-state index >= 15 is 0 Å². The summed E-state index contributed by atoms with van der Waals surface area (Å²) >= 11 is 1.65. The molecule has 3 aromatic rings. The Bertz CT molecular complexity index is 733. The molecule has 1 aliphatic rings. The lowest BCUT2D eigenvalue weighted by Gasteiger charge is -2.11. The van der Waals surface area contributed by atoms with Gasteiger partial charge in [0.25, 0.3) is 0 Å². The van der Waals surface area contributed by atoms with Crippen molar-refractivity contribution in [3.63, 3.8) is 0 Å². The van der Waals surface area contributed by atoms with Crippen LogP contribution >= 0.6 is 11.3 Å². The van der Waals surface area contributed by atoms with Gasteiger partial charge < -0.3 is 10.6 Å². The molecule has 3 aromatic heterocycles. The Morgan fingerprint density at radius 3 is 3.19 bits per heavy atom. The summed E-state index contributed by atoms with van der Waals surface area (Å²) in [5.41, 5.74) is 3.42. The van der Waals surface area contributed by atoms with Crippen molar-refractivity contribution in [2.24, 2.45) is 0 Å². The molecule has 0 amide bonds. The van der Waals surface area contributed by atoms with Crippen molar-refractivity contribution in [3.05, 3.63) is 41.1 Å². The monoisotopic (exact) mass is 300 g/mol. The number of nitrogens with zero attached hydrogens (tertiary/aromatic N) is 4. The summed E-state index contributed by atoms with van der Waals surface area (Å²) in [4.78, 5) is 14.4. The molecule has 4 heterocycles. The van der Waals surface area contributed by atoms with Crippen molar-refractivity contribution in [3.8, 4) is 0 Å². The van der Waals surface area contributed by atoms with E-state index in [1.165, 1.54) is 5.56 Å². The smallest absolute Gasteiger partial charge is 0.193 e. The summed E-state index contributed by atoms with van der Waals surface area (Å²) in [7, 11) is 0. The summed E-state index contributed by atoms with van der Waals surface area (Å²) in [6, 6.07) is 0. The van der Waals surface area contributed by atoms with Crippen molar-refractivity contribution >= 4 is 22.1 Å². The van der Waals surface area contributed by atoms with E-state index in [0.29, 0.717) is 6.54 Å². The quantitative estimate of drug-likeness (QED) is 0.767. The van der Waals surface area contributed by atoms with E-state index < -0.39 is 0 Å². The van der Waals surface area contributed by atoms with Gasteiger partial charge in [-0.05, 0) is 13.0 Å². The largest absolute Gasteiger partial charge is 0.364 e. The van der Waals surface area contributed by atoms with E-state index in [2.05, 4.69) is 31.8 Å². The maximum Gasteiger partial charge on any atom is 0.193 e. The first-order valence-electron chi connectivity index (χ1n) is 7.08. The second-order valence-corrected chi connectivity index (χ2v) is 5.95. The average molecular weight is 300 g/mol. The first kappa shape index (κ1) is 12.7. The van der Waals surface area contributed by atoms with Gasteiger partial charge in [0.15, 0.2) is 4.96 Å². The Kier molecular flexibility index (Phi) is 3.28. The zero-order chi connectivity index (χ0) is 14.1. The predicted octanol–water partition coefficient (Wildman–Crippen LogP) is 1.49. The molecular formula is C14H16N6S. The van der Waals surface area contributed by atoms with E-state index in [4.69, 9.17) is 0 Å². The van der Waals surface area contributed by atoms with E-state index in [-0.39, 0.29) is 0 Å². The number of hydrogen-bond donors (Lipinski definition) is 2. The van der Waals surface area contributed by atoms with E-state index in [1.807, 2.05) is 16.0 Å². The average Bonchev–Trinajstić information content (AvgIpc) is 2.98. The van der Waals surface area contributed by atoms with Gasteiger partial charge in [-0.3, -0.25) is 4.40 Å². The standard InChI is InChI=1S/C14H16N6S/c1-3-15-4-2-12-11(1)13(18-9-17-12)16-7-10-8-20-5-6-21-14(20)19-10/h5-6,8-9,15H,1-4,7H2,(H,16,17,18). The third-order valence-electron chi connectivity index (χ3n) is 3.71. The lowest BCUT2D eigenvalue weighted by atomic mass is 10.1. The molecule has 0 unspecified atom stereocenters. The number of anilines is 1. The molecule has 7 heteroatoms. The molecule has 6 nitrogen and oxygen atoms in total. The van der Waals surface area contributed by atoms with E-state index in [1.54, 1.807) is 17.7 Å². The van der Waals surface area contributed by atoms with Crippen molar-refractivity contribution in [1.82, 2.24) is 24.7 Å². The summed E-state index contributed by atoms with van der Waals surface area (Å²) in [6.07, 6.45) is 7.67. The molecule has 2 N–H and O–H groups in total. The zero-order valence-corrected chi connectivity index (χ0v) is 12.4. The number of imidazole rings is 1. The predicted molar refractivity (Wildman–Crippen MR) is 82.7 cm³/mol. The molecule has 0 bridgehead atoms. The molecule has 1 aliphatic heterocycles.